The van der Waals surface area contributed by atoms with E-state index in [0.717, 1.165) is 26.4 Å². The third-order valence-electron chi connectivity index (χ3n) is 2.57. The van der Waals surface area contributed by atoms with Gasteiger partial charge < -0.3 is 14.8 Å². The average molecular weight is 171 g/mol. The highest BCUT2D eigenvalue weighted by Crippen LogP contribution is 2.12. The van der Waals surface area contributed by atoms with Crippen LogP contribution in [-0.2, 0) is 9.47 Å². The van der Waals surface area contributed by atoms with Gasteiger partial charge in [0.15, 0.2) is 0 Å². The van der Waals surface area contributed by atoms with E-state index >= 15 is 0 Å². The molecule has 3 heteroatoms. The van der Waals surface area contributed by atoms with E-state index in [9.17, 15) is 0 Å². The van der Waals surface area contributed by atoms with Gasteiger partial charge in [0.05, 0.1) is 19.3 Å². The zero-order valence-electron chi connectivity index (χ0n) is 7.42. The van der Waals surface area contributed by atoms with E-state index in [-0.39, 0.29) is 0 Å². The van der Waals surface area contributed by atoms with Gasteiger partial charge in [0.25, 0.3) is 0 Å². The molecule has 70 valence electrons. The summed E-state index contributed by atoms with van der Waals surface area (Å²) in [5.74, 6) is 0. The van der Waals surface area contributed by atoms with E-state index in [1.807, 2.05) is 0 Å². The van der Waals surface area contributed by atoms with Crippen LogP contribution in [0.1, 0.15) is 19.3 Å². The summed E-state index contributed by atoms with van der Waals surface area (Å²) in [7, 11) is 0. The highest BCUT2D eigenvalue weighted by atomic mass is 16.5. The Kier molecular flexibility index (Phi) is 2.98. The molecule has 0 bridgehead atoms. The van der Waals surface area contributed by atoms with Gasteiger partial charge in [-0.1, -0.05) is 0 Å². The largest absolute Gasteiger partial charge is 0.377 e. The fourth-order valence-electron chi connectivity index (χ4n) is 1.61. The van der Waals surface area contributed by atoms with Gasteiger partial charge in [-0.3, -0.25) is 0 Å². The highest BCUT2D eigenvalue weighted by molar-refractivity contribution is 4.76. The number of nitrogens with one attached hydrogen (secondary N) is 1. The van der Waals surface area contributed by atoms with E-state index < -0.39 is 0 Å². The molecule has 0 aliphatic carbocycles. The lowest BCUT2D eigenvalue weighted by atomic mass is 10.1. The first-order valence-corrected chi connectivity index (χ1v) is 4.88. The molecule has 0 spiro atoms. The van der Waals surface area contributed by atoms with Crippen molar-refractivity contribution >= 4 is 0 Å². The zero-order chi connectivity index (χ0) is 8.23. The molecule has 12 heavy (non-hydrogen) atoms. The molecule has 0 amide bonds. The molecule has 2 fully saturated rings. The second-order valence-electron chi connectivity index (χ2n) is 3.61. The first kappa shape index (κ1) is 8.48. The van der Waals surface area contributed by atoms with Crippen molar-refractivity contribution in [1.82, 2.24) is 5.32 Å². The van der Waals surface area contributed by atoms with Gasteiger partial charge in [-0.05, 0) is 25.8 Å². The molecular formula is C9H17NO2. The summed E-state index contributed by atoms with van der Waals surface area (Å²) in [4.78, 5) is 0. The maximum Gasteiger partial charge on any atom is 0.0809 e. The smallest absolute Gasteiger partial charge is 0.0809 e. The monoisotopic (exact) mass is 171 g/mol. The maximum absolute atomic E-state index is 5.53. The van der Waals surface area contributed by atoms with Crippen LogP contribution >= 0.6 is 0 Å². The van der Waals surface area contributed by atoms with Crippen LogP contribution in [0.5, 0.6) is 0 Å². The maximum atomic E-state index is 5.53. The molecule has 2 aliphatic rings. The Balaban J connectivity index is 1.49. The van der Waals surface area contributed by atoms with Crippen LogP contribution in [0.25, 0.3) is 0 Å². The van der Waals surface area contributed by atoms with Crippen LogP contribution in [0, 0.1) is 0 Å². The lowest BCUT2D eigenvalue weighted by Crippen LogP contribution is -2.46. The number of hydrogen-bond donors (Lipinski definition) is 1. The van der Waals surface area contributed by atoms with E-state index in [0.29, 0.717) is 12.1 Å². The minimum absolute atomic E-state index is 0.380. The third-order valence-corrected chi connectivity index (χ3v) is 2.57. The summed E-state index contributed by atoms with van der Waals surface area (Å²) in [5, 5.41) is 3.31. The van der Waals surface area contributed by atoms with Crippen LogP contribution < -0.4 is 5.32 Å². The predicted molar refractivity (Wildman–Crippen MR) is 46.2 cm³/mol. The van der Waals surface area contributed by atoms with Gasteiger partial charge in [-0.15, -0.1) is 0 Å². The van der Waals surface area contributed by atoms with Crippen LogP contribution in [0.3, 0.4) is 0 Å². The van der Waals surface area contributed by atoms with Crippen molar-refractivity contribution in [2.75, 3.05) is 26.4 Å². The molecule has 1 N–H and O–H groups in total. The zero-order valence-corrected chi connectivity index (χ0v) is 7.42. The van der Waals surface area contributed by atoms with Crippen molar-refractivity contribution in [3.63, 3.8) is 0 Å². The molecule has 0 aromatic carbocycles. The Morgan fingerprint density at radius 1 is 1.33 bits per heavy atom. The summed E-state index contributed by atoms with van der Waals surface area (Å²) < 4.78 is 11.0. The summed E-state index contributed by atoms with van der Waals surface area (Å²) in [6.07, 6.45) is 4.03. The van der Waals surface area contributed by atoms with Crippen LogP contribution in [-0.4, -0.2) is 38.5 Å². The van der Waals surface area contributed by atoms with E-state index in [1.165, 1.54) is 19.3 Å². The van der Waals surface area contributed by atoms with Crippen LogP contribution in [0.15, 0.2) is 0 Å². The highest BCUT2D eigenvalue weighted by Gasteiger charge is 2.19. The summed E-state index contributed by atoms with van der Waals surface area (Å²) in [6.45, 7) is 3.74. The predicted octanol–water partition coefficient (Wildman–Crippen LogP) is 0.544. The SMILES string of the molecule is C1CO[C@H](COC[C@H]2CCN2)C1. The number of rotatable bonds is 4. The van der Waals surface area contributed by atoms with Gasteiger partial charge in [-0.2, -0.15) is 0 Å². The van der Waals surface area contributed by atoms with Crippen molar-refractivity contribution in [2.45, 2.75) is 31.4 Å². The normalized spacial score (nSPS) is 35.0. The van der Waals surface area contributed by atoms with E-state index in [1.54, 1.807) is 0 Å². The second-order valence-corrected chi connectivity index (χ2v) is 3.61. The molecule has 0 unspecified atom stereocenters. The van der Waals surface area contributed by atoms with Gasteiger partial charge in [0.1, 0.15) is 0 Å². The van der Waals surface area contributed by atoms with E-state index in [2.05, 4.69) is 5.32 Å². The quantitative estimate of drug-likeness (QED) is 0.670. The van der Waals surface area contributed by atoms with Crippen molar-refractivity contribution in [3.8, 4) is 0 Å². The minimum Gasteiger partial charge on any atom is -0.377 e. The molecule has 0 saturated carbocycles. The van der Waals surface area contributed by atoms with Crippen LogP contribution in [0.4, 0.5) is 0 Å². The Morgan fingerprint density at radius 2 is 2.25 bits per heavy atom. The first-order chi connectivity index (χ1) is 5.95. The lowest BCUT2D eigenvalue weighted by molar-refractivity contribution is 0.00433. The van der Waals surface area contributed by atoms with Crippen molar-refractivity contribution in [3.05, 3.63) is 0 Å². The Bertz CT molecular complexity index is 130. The molecule has 2 aliphatic heterocycles. The second kappa shape index (κ2) is 4.21. The van der Waals surface area contributed by atoms with Crippen molar-refractivity contribution < 1.29 is 9.47 Å². The van der Waals surface area contributed by atoms with E-state index in [4.69, 9.17) is 9.47 Å². The molecule has 2 rings (SSSR count). The standard InChI is InChI=1S/C9H17NO2/c1-2-9(12-5-1)7-11-6-8-3-4-10-8/h8-10H,1-7H2/t8-,9+/m1/s1. The molecule has 2 atom stereocenters. The summed E-state index contributed by atoms with van der Waals surface area (Å²) in [5.41, 5.74) is 0. The molecule has 0 radical (unpaired) electrons. The molecule has 2 saturated heterocycles. The van der Waals surface area contributed by atoms with Crippen molar-refractivity contribution in [1.29, 1.82) is 0 Å². The molecular weight excluding hydrogens is 154 g/mol. The molecule has 3 nitrogen and oxygen atoms in total. The molecule has 0 aromatic rings. The third kappa shape index (κ3) is 2.19. The Hall–Kier alpha value is -0.120. The molecule has 2 heterocycles. The Labute approximate surface area is 73.4 Å². The van der Waals surface area contributed by atoms with Gasteiger partial charge in [0, 0.05) is 12.6 Å². The van der Waals surface area contributed by atoms with Crippen molar-refractivity contribution in [2.24, 2.45) is 0 Å². The van der Waals surface area contributed by atoms with Gasteiger partial charge in [0.2, 0.25) is 0 Å². The fraction of sp³-hybridized carbons (Fsp3) is 1.00. The topological polar surface area (TPSA) is 30.5 Å². The summed E-state index contributed by atoms with van der Waals surface area (Å²) >= 11 is 0. The first-order valence-electron chi connectivity index (χ1n) is 4.88. The fourth-order valence-corrected chi connectivity index (χ4v) is 1.61. The summed E-state index contributed by atoms with van der Waals surface area (Å²) in [6, 6.07) is 0.617. The van der Waals surface area contributed by atoms with Gasteiger partial charge >= 0.3 is 0 Å². The average Bonchev–Trinajstić information content (AvgIpc) is 2.46. The Morgan fingerprint density at radius 3 is 2.83 bits per heavy atom. The minimum atomic E-state index is 0.380. The number of hydrogen-bond acceptors (Lipinski definition) is 3. The molecule has 0 aromatic heterocycles. The number of ether oxygens (including phenoxy) is 2. The van der Waals surface area contributed by atoms with Crippen LogP contribution in [0.2, 0.25) is 0 Å². The van der Waals surface area contributed by atoms with Gasteiger partial charge in [-0.25, -0.2) is 0 Å². The lowest BCUT2D eigenvalue weighted by Gasteiger charge is -2.27.